The lowest BCUT2D eigenvalue weighted by Crippen LogP contribution is -2.62. The molecule has 10 atom stereocenters. The SMILES string of the molecule is CCOCCOCCNC(=O)Nc1ccc(C[C@H](NC(=O)[C@H](CO)NC(=O)[C@@H](Cc2cccnc2)NC(=O)[C@@H](Cc2ccc(Cl)cc2)NC(=O)[C@@H](Cc2ccc3ccccc3c2)NC(=O)NCCOCCOCC)C(=O)N[C@H](Cc2ccc(NC(N)=O)cc2)C(=O)N[C@@H](CC(C)C)C(=O)N[C@@H](CCCCNC(C)C)C(=O)N2CCC[C@H]2C(=O)N[C@H](C)C(N)=O)cc1. The average molecular weight is 1770 g/mol. The van der Waals surface area contributed by atoms with Crippen molar-refractivity contribution in [2.45, 2.75) is 186 Å². The number of pyridine rings is 1. The fraction of sp³-hybridized carbons (Fsp3) is 0.483. The van der Waals surface area contributed by atoms with Crippen LogP contribution in [0.15, 0.2) is 140 Å². The lowest BCUT2D eigenvalue weighted by Gasteiger charge is -2.31. The molecule has 2 heterocycles. The van der Waals surface area contributed by atoms with Crippen molar-refractivity contribution in [1.29, 1.82) is 0 Å². The average Bonchev–Trinajstić information content (AvgIpc) is 1.64. The number of aromatic nitrogens is 1. The van der Waals surface area contributed by atoms with Gasteiger partial charge in [0.25, 0.3) is 0 Å². The van der Waals surface area contributed by atoms with Crippen LogP contribution in [0.2, 0.25) is 5.02 Å². The van der Waals surface area contributed by atoms with E-state index in [0.29, 0.717) is 97.4 Å². The van der Waals surface area contributed by atoms with Gasteiger partial charge in [-0.15, -0.1) is 0 Å². The molecule has 37 heteroatoms. The molecule has 0 unspecified atom stereocenters. The van der Waals surface area contributed by atoms with Gasteiger partial charge in [0.05, 0.1) is 46.2 Å². The predicted octanol–water partition coefficient (Wildman–Crippen LogP) is 3.37. The van der Waals surface area contributed by atoms with E-state index in [4.69, 9.17) is 42.0 Å². The van der Waals surface area contributed by atoms with Crippen LogP contribution in [0.25, 0.3) is 10.8 Å². The molecule has 126 heavy (non-hydrogen) atoms. The van der Waals surface area contributed by atoms with Crippen molar-refractivity contribution in [1.82, 2.24) is 73.7 Å². The lowest BCUT2D eigenvalue weighted by atomic mass is 9.99. The van der Waals surface area contributed by atoms with Crippen molar-refractivity contribution in [2.75, 3.05) is 96.3 Å². The number of aliphatic hydroxyl groups excluding tert-OH is 1. The Labute approximate surface area is 739 Å². The number of hydrogen-bond donors (Lipinski definition) is 17. The number of primary amides is 2. The van der Waals surface area contributed by atoms with Crippen LogP contribution < -0.4 is 85.9 Å². The number of amides is 16. The number of ether oxygens (including phenoxy) is 4. The maximum Gasteiger partial charge on any atom is 0.319 e. The predicted molar refractivity (Wildman–Crippen MR) is 475 cm³/mol. The van der Waals surface area contributed by atoms with Gasteiger partial charge >= 0.3 is 18.1 Å². The second-order valence-corrected chi connectivity index (χ2v) is 31.6. The zero-order chi connectivity index (χ0) is 91.5. The lowest BCUT2D eigenvalue weighted by molar-refractivity contribution is -0.142. The molecule has 1 aromatic heterocycles. The maximum atomic E-state index is 15.5. The first-order chi connectivity index (χ1) is 60.5. The number of aliphatic hydroxyl groups is 1. The van der Waals surface area contributed by atoms with Crippen molar-refractivity contribution in [3.8, 4) is 0 Å². The summed E-state index contributed by atoms with van der Waals surface area (Å²) < 4.78 is 21.7. The zero-order valence-corrected chi connectivity index (χ0v) is 73.2. The van der Waals surface area contributed by atoms with Gasteiger partial charge < -0.3 is 115 Å². The summed E-state index contributed by atoms with van der Waals surface area (Å²) in [6, 6.07) is 18.7. The molecule has 16 amide bonds. The highest BCUT2D eigenvalue weighted by Gasteiger charge is 2.41. The van der Waals surface area contributed by atoms with Crippen LogP contribution in [0, 0.1) is 5.92 Å². The van der Waals surface area contributed by atoms with E-state index in [2.05, 4.69) is 79.4 Å². The third kappa shape index (κ3) is 36.0. The number of unbranched alkanes of at least 4 members (excludes halogenated alkanes) is 1. The zero-order valence-electron chi connectivity index (χ0n) is 72.5. The molecular formula is C89H123ClN18O18. The number of hydrogen-bond acceptors (Lipinski definition) is 20. The van der Waals surface area contributed by atoms with Crippen molar-refractivity contribution in [3.05, 3.63) is 173 Å². The number of carbonyl (C=O) groups is 13. The maximum absolute atomic E-state index is 15.5. The number of carbonyl (C=O) groups excluding carboxylic acids is 13. The molecule has 1 fully saturated rings. The monoisotopic (exact) mass is 1770 g/mol. The fourth-order valence-electron chi connectivity index (χ4n) is 13.7. The molecule has 6 aromatic rings. The second-order valence-electron chi connectivity index (χ2n) is 31.2. The van der Waals surface area contributed by atoms with Crippen LogP contribution in [0.4, 0.5) is 25.8 Å². The number of likely N-dealkylation sites (tertiary alicyclic amines) is 1. The quantitative estimate of drug-likeness (QED) is 0.0243. The Hall–Kier alpha value is -11.9. The molecule has 0 radical (unpaired) electrons. The third-order valence-electron chi connectivity index (χ3n) is 20.3. The van der Waals surface area contributed by atoms with Gasteiger partial charge in [0.2, 0.25) is 59.1 Å². The Kier molecular flexibility index (Phi) is 43.4. The highest BCUT2D eigenvalue weighted by Crippen LogP contribution is 2.23. The number of rotatable bonds is 54. The molecule has 36 nitrogen and oxygen atoms in total. The first-order valence-electron chi connectivity index (χ1n) is 42.6. The molecule has 0 aliphatic carbocycles. The van der Waals surface area contributed by atoms with Crippen molar-refractivity contribution >= 4 is 111 Å². The molecule has 0 saturated carbocycles. The van der Waals surface area contributed by atoms with E-state index in [-0.39, 0.29) is 108 Å². The summed E-state index contributed by atoms with van der Waals surface area (Å²) in [5, 5.41) is 51.9. The number of fused-ring (bicyclic) bond motifs is 1. The van der Waals surface area contributed by atoms with E-state index in [0.717, 1.165) is 10.8 Å². The van der Waals surface area contributed by atoms with E-state index < -0.39 is 144 Å². The highest BCUT2D eigenvalue weighted by molar-refractivity contribution is 6.30. The van der Waals surface area contributed by atoms with Gasteiger partial charge in [-0.1, -0.05) is 124 Å². The second kappa shape index (κ2) is 54.1. The van der Waals surface area contributed by atoms with E-state index in [1.165, 1.54) is 48.5 Å². The number of anilines is 2. The summed E-state index contributed by atoms with van der Waals surface area (Å²) in [4.78, 5) is 191. The topological polar surface area (TPSA) is 516 Å². The van der Waals surface area contributed by atoms with Gasteiger partial charge in [-0.25, -0.2) is 14.4 Å². The minimum atomic E-state index is -1.91. The molecule has 1 aliphatic heterocycles. The standard InChI is InChI=1S/C89H123ClN18O18/c1-8-123-42-44-125-40-37-95-88(121)99-67-33-26-60(27-34-67)50-72(81(114)102-71(49-59-24-31-66(32-25-59)98-87(92)120)79(112)101-69(46-55(3)4)78(111)100-68(19-12-13-36-94-56(5)6)86(119)108-39-15-20-76(108)85(118)97-57(7)77(91)110)105-84(117)75(54-109)106-82(115)73(52-62-16-14-35-93-53-62)104-80(113)70(48-58-22-29-65(90)30-23-58)103-83(116)74(107-89(122)96-38-41-126-45-43-124-9-2)51-61-21-28-63-17-10-11-18-64(63)47-61/h10-11,14,16-18,21-35,47,53,55-57,68-76,94,109H,8-9,12-13,15,19-20,36-46,48-52,54H2,1-7H3,(H2,91,110)(H,97,118)(H,100,111)(H,101,112)(H,102,114)(H,103,116)(H,104,113)(H,105,117)(H,106,115)(H3,92,98,120)(H2,95,99,121)(H2,96,107,122)/t57-,68+,69+,70-,71-,72+,73-,74-,75+,76+/m1/s1. The molecule has 684 valence electrons. The first-order valence-corrected chi connectivity index (χ1v) is 43.0. The molecule has 0 bridgehead atoms. The smallest absolute Gasteiger partial charge is 0.319 e. The van der Waals surface area contributed by atoms with Crippen LogP contribution in [0.1, 0.15) is 115 Å². The summed E-state index contributed by atoms with van der Waals surface area (Å²) in [6.45, 7) is 15.2. The Balaban J connectivity index is 1.20. The number of benzene rings is 5. The Morgan fingerprint density at radius 3 is 1.44 bits per heavy atom. The summed E-state index contributed by atoms with van der Waals surface area (Å²) in [5.41, 5.74) is 13.8. The van der Waals surface area contributed by atoms with Gasteiger partial charge in [0.15, 0.2) is 0 Å². The van der Waals surface area contributed by atoms with E-state index in [1.54, 1.807) is 74.5 Å². The van der Waals surface area contributed by atoms with Gasteiger partial charge in [0, 0.05) is 99.8 Å². The Morgan fingerprint density at radius 2 is 0.937 bits per heavy atom. The minimum Gasteiger partial charge on any atom is -0.394 e. The first kappa shape index (κ1) is 101. The summed E-state index contributed by atoms with van der Waals surface area (Å²) in [7, 11) is 0. The Morgan fingerprint density at radius 1 is 0.476 bits per heavy atom. The minimum absolute atomic E-state index is 0.0122. The van der Waals surface area contributed by atoms with Crippen LogP contribution in [0.3, 0.4) is 0 Å². The normalized spacial score (nSPS) is 14.6. The van der Waals surface area contributed by atoms with Crippen LogP contribution in [-0.2, 0) is 99.0 Å². The number of halogens is 1. The molecule has 19 N–H and O–H groups in total. The van der Waals surface area contributed by atoms with Crippen LogP contribution in [-0.4, -0.2) is 244 Å². The summed E-state index contributed by atoms with van der Waals surface area (Å²) in [6.07, 6.45) is 3.50. The number of urea groups is 3. The van der Waals surface area contributed by atoms with Gasteiger partial charge in [0.1, 0.15) is 60.4 Å². The van der Waals surface area contributed by atoms with Gasteiger partial charge in [-0.05, 0) is 153 Å². The van der Waals surface area contributed by atoms with Gasteiger partial charge in [-0.3, -0.25) is 52.9 Å². The van der Waals surface area contributed by atoms with Crippen molar-refractivity contribution in [2.24, 2.45) is 17.4 Å². The van der Waals surface area contributed by atoms with Gasteiger partial charge in [-0.2, -0.15) is 0 Å². The molecule has 5 aromatic carbocycles. The van der Waals surface area contributed by atoms with Crippen LogP contribution in [0.5, 0.6) is 0 Å². The largest absolute Gasteiger partial charge is 0.394 e. The molecule has 7 rings (SSSR count). The summed E-state index contributed by atoms with van der Waals surface area (Å²) >= 11 is 6.33. The number of nitrogens with two attached hydrogens (primary N) is 2. The fourth-order valence-corrected chi connectivity index (χ4v) is 13.8. The highest BCUT2D eigenvalue weighted by atomic mass is 35.5. The molecule has 1 aliphatic rings. The van der Waals surface area contributed by atoms with E-state index in [1.807, 2.05) is 70.2 Å². The molecule has 0 spiro atoms. The number of nitrogens with zero attached hydrogens (tertiary/aromatic N) is 2. The molecule has 1 saturated heterocycles. The van der Waals surface area contributed by atoms with Crippen molar-refractivity contribution in [3.63, 3.8) is 0 Å². The van der Waals surface area contributed by atoms with E-state index >= 15 is 28.8 Å². The summed E-state index contributed by atoms with van der Waals surface area (Å²) in [5.74, 6) is -8.89. The number of nitrogens with one attached hydrogen (secondary N) is 14. The third-order valence-corrected chi connectivity index (χ3v) is 20.6. The molecular weight excluding hydrogens is 1640 g/mol. The van der Waals surface area contributed by atoms with E-state index in [9.17, 15) is 38.7 Å². The Bertz CT molecular complexity index is 4520. The van der Waals surface area contributed by atoms with Crippen molar-refractivity contribution < 1.29 is 86.4 Å². The van der Waals surface area contributed by atoms with Crippen LogP contribution >= 0.6 is 11.6 Å².